The first-order chi connectivity index (χ1) is 21.8. The van der Waals surface area contributed by atoms with Crippen molar-refractivity contribution in [3.63, 3.8) is 0 Å². The molecule has 0 radical (unpaired) electrons. The van der Waals surface area contributed by atoms with E-state index in [1.54, 1.807) is 4.80 Å². The van der Waals surface area contributed by atoms with Gasteiger partial charge in [0.25, 0.3) is 0 Å². The summed E-state index contributed by atoms with van der Waals surface area (Å²) in [5, 5.41) is 16.5. The van der Waals surface area contributed by atoms with Crippen molar-refractivity contribution in [1.82, 2.24) is 24.8 Å². The molecule has 2 aromatic heterocycles. The predicted molar refractivity (Wildman–Crippen MR) is 175 cm³/mol. The summed E-state index contributed by atoms with van der Waals surface area (Å²) >= 11 is 0. The Morgan fingerprint density at radius 1 is 0.886 bits per heavy atom. The fourth-order valence-electron chi connectivity index (χ4n) is 6.39. The van der Waals surface area contributed by atoms with Crippen LogP contribution in [-0.2, 0) is 24.3 Å². The molecule has 0 amide bonds. The van der Waals surface area contributed by atoms with Crippen LogP contribution in [0.1, 0.15) is 68.6 Å². The number of nitrogens with zero attached hydrogens (tertiary/aromatic N) is 5. The van der Waals surface area contributed by atoms with Crippen molar-refractivity contribution in [3.8, 4) is 17.0 Å². The second kappa shape index (κ2) is 13.0. The fraction of sp³-hybridized carbons (Fsp3) is 0.324. The van der Waals surface area contributed by atoms with Crippen LogP contribution in [0, 0.1) is 0 Å². The van der Waals surface area contributed by atoms with E-state index in [0.717, 1.165) is 50.0 Å². The van der Waals surface area contributed by atoms with Crippen LogP contribution in [0.25, 0.3) is 32.9 Å². The average Bonchev–Trinajstić information content (AvgIpc) is 3.68. The second-order valence-electron chi connectivity index (χ2n) is 11.7. The summed E-state index contributed by atoms with van der Waals surface area (Å²) in [5.41, 5.74) is 6.61. The molecule has 1 unspecified atom stereocenters. The minimum Gasteiger partial charge on any atom is -0.485 e. The van der Waals surface area contributed by atoms with Crippen LogP contribution >= 0.6 is 0 Å². The van der Waals surface area contributed by atoms with Gasteiger partial charge in [-0.15, -0.1) is 15.0 Å². The molecule has 4 aromatic carbocycles. The van der Waals surface area contributed by atoms with E-state index in [0.29, 0.717) is 5.82 Å². The molecule has 1 atom stereocenters. The first kappa shape index (κ1) is 28.3. The fourth-order valence-corrected chi connectivity index (χ4v) is 6.39. The Hall–Kier alpha value is -4.49. The van der Waals surface area contributed by atoms with Gasteiger partial charge in [-0.05, 0) is 89.0 Å². The van der Waals surface area contributed by atoms with Crippen LogP contribution in [0.15, 0.2) is 91.0 Å². The molecule has 0 N–H and O–H groups in total. The number of hydrogen-bond acceptors (Lipinski definition) is 5. The van der Waals surface area contributed by atoms with Gasteiger partial charge >= 0.3 is 0 Å². The minimum atomic E-state index is -0.126. The molecule has 0 saturated carbocycles. The number of rotatable bonds is 11. The standard InChI is InChI=1S/C37H39N5O2/c1-2-3-5-15-33-32-14-8-9-16-34(32)41(25-27-12-6-4-7-13-27)37(33)30-19-18-29-24-31(21-20-28(29)23-30)44-26-35-38-40-42(39-35)36-17-10-11-22-43-36/h4,6-9,12-14,16,18-21,23-24,36H,2-3,5,10-11,15,17,22,25-26H2,1H3. The summed E-state index contributed by atoms with van der Waals surface area (Å²) in [5.74, 6) is 1.34. The molecular formula is C37H39N5O2. The van der Waals surface area contributed by atoms with Crippen LogP contribution in [0.3, 0.4) is 0 Å². The van der Waals surface area contributed by atoms with E-state index in [2.05, 4.69) is 112 Å². The minimum absolute atomic E-state index is 0.126. The van der Waals surface area contributed by atoms with E-state index >= 15 is 0 Å². The Balaban J connectivity index is 1.18. The summed E-state index contributed by atoms with van der Waals surface area (Å²) in [6.45, 7) is 4.11. The Morgan fingerprint density at radius 3 is 2.59 bits per heavy atom. The maximum absolute atomic E-state index is 6.09. The van der Waals surface area contributed by atoms with Crippen molar-refractivity contribution in [2.75, 3.05) is 6.61 Å². The maximum Gasteiger partial charge on any atom is 0.212 e. The number of aromatic nitrogens is 5. The molecule has 1 aliphatic rings. The molecule has 224 valence electrons. The van der Waals surface area contributed by atoms with E-state index in [4.69, 9.17) is 9.47 Å². The molecule has 1 aliphatic heterocycles. The zero-order valence-electron chi connectivity index (χ0n) is 25.4. The Labute approximate surface area is 258 Å². The lowest BCUT2D eigenvalue weighted by Gasteiger charge is -2.20. The highest BCUT2D eigenvalue weighted by atomic mass is 16.5. The smallest absolute Gasteiger partial charge is 0.212 e. The molecule has 6 aromatic rings. The van der Waals surface area contributed by atoms with Gasteiger partial charge in [0.2, 0.25) is 5.82 Å². The summed E-state index contributed by atoms with van der Waals surface area (Å²) in [4.78, 5) is 1.58. The molecule has 7 heteroatoms. The van der Waals surface area contributed by atoms with Crippen LogP contribution in [0.2, 0.25) is 0 Å². The molecule has 0 bridgehead atoms. The number of benzene rings is 4. The molecule has 0 spiro atoms. The molecule has 7 nitrogen and oxygen atoms in total. The van der Waals surface area contributed by atoms with Gasteiger partial charge in [0, 0.05) is 24.1 Å². The predicted octanol–water partition coefficient (Wildman–Crippen LogP) is 8.51. The lowest BCUT2D eigenvalue weighted by atomic mass is 9.98. The Morgan fingerprint density at radius 2 is 1.73 bits per heavy atom. The topological polar surface area (TPSA) is 67.0 Å². The van der Waals surface area contributed by atoms with Gasteiger partial charge in [0.05, 0.1) is 5.69 Å². The van der Waals surface area contributed by atoms with Crippen molar-refractivity contribution in [1.29, 1.82) is 0 Å². The molecule has 1 fully saturated rings. The number of tetrazole rings is 1. The van der Waals surface area contributed by atoms with Crippen molar-refractivity contribution in [2.45, 2.75) is 71.2 Å². The number of hydrogen-bond donors (Lipinski definition) is 0. The van der Waals surface area contributed by atoms with E-state index in [9.17, 15) is 0 Å². The summed E-state index contributed by atoms with van der Waals surface area (Å²) in [6.07, 6.45) is 7.69. The zero-order chi connectivity index (χ0) is 29.7. The van der Waals surface area contributed by atoms with Gasteiger partial charge < -0.3 is 14.0 Å². The lowest BCUT2D eigenvalue weighted by Crippen LogP contribution is -2.20. The number of ether oxygens (including phenoxy) is 2. The first-order valence-electron chi connectivity index (χ1n) is 16.0. The number of aryl methyl sites for hydroxylation is 1. The summed E-state index contributed by atoms with van der Waals surface area (Å²) < 4.78 is 14.4. The molecule has 44 heavy (non-hydrogen) atoms. The monoisotopic (exact) mass is 585 g/mol. The molecule has 7 rings (SSSR count). The van der Waals surface area contributed by atoms with E-state index in [1.807, 2.05) is 6.07 Å². The van der Waals surface area contributed by atoms with Crippen molar-refractivity contribution < 1.29 is 9.47 Å². The van der Waals surface area contributed by atoms with E-state index < -0.39 is 0 Å². The van der Waals surface area contributed by atoms with Crippen LogP contribution < -0.4 is 4.74 Å². The third-order valence-corrected chi connectivity index (χ3v) is 8.63. The molecular weight excluding hydrogens is 546 g/mol. The van der Waals surface area contributed by atoms with Gasteiger partial charge in [-0.25, -0.2) is 0 Å². The summed E-state index contributed by atoms with van der Waals surface area (Å²) in [7, 11) is 0. The van der Waals surface area contributed by atoms with Gasteiger partial charge in [-0.3, -0.25) is 0 Å². The van der Waals surface area contributed by atoms with Gasteiger partial charge in [-0.1, -0.05) is 86.5 Å². The second-order valence-corrected chi connectivity index (χ2v) is 11.7. The van der Waals surface area contributed by atoms with Gasteiger partial charge in [0.15, 0.2) is 12.8 Å². The first-order valence-corrected chi connectivity index (χ1v) is 16.0. The van der Waals surface area contributed by atoms with Crippen molar-refractivity contribution in [2.24, 2.45) is 0 Å². The lowest BCUT2D eigenvalue weighted by molar-refractivity contribution is -0.0491. The quantitative estimate of drug-likeness (QED) is 0.143. The van der Waals surface area contributed by atoms with Gasteiger partial charge in [-0.2, -0.15) is 0 Å². The SMILES string of the molecule is CCCCCc1c(-c2ccc3cc(OCc4nnn(C5CCCCO5)n4)ccc3c2)n(Cc2ccccc2)c2ccccc12. The number of unbranched alkanes of at least 4 members (excludes halogenated alkanes) is 2. The third kappa shape index (κ3) is 5.97. The zero-order valence-corrected chi connectivity index (χ0v) is 25.4. The highest BCUT2D eigenvalue weighted by Gasteiger charge is 2.20. The largest absolute Gasteiger partial charge is 0.485 e. The Bertz CT molecular complexity index is 1850. The van der Waals surface area contributed by atoms with Crippen LogP contribution in [0.4, 0.5) is 0 Å². The molecule has 0 aliphatic carbocycles. The third-order valence-electron chi connectivity index (χ3n) is 8.63. The van der Waals surface area contributed by atoms with Gasteiger partial charge in [0.1, 0.15) is 5.75 Å². The molecule has 3 heterocycles. The Kier molecular flexibility index (Phi) is 8.37. The number of fused-ring (bicyclic) bond motifs is 2. The van der Waals surface area contributed by atoms with Crippen molar-refractivity contribution >= 4 is 21.7 Å². The average molecular weight is 586 g/mol. The number of para-hydroxylation sites is 1. The summed E-state index contributed by atoms with van der Waals surface area (Å²) in [6, 6.07) is 32.8. The van der Waals surface area contributed by atoms with Crippen LogP contribution in [0.5, 0.6) is 5.75 Å². The normalized spacial score (nSPS) is 15.2. The van der Waals surface area contributed by atoms with Crippen LogP contribution in [-0.4, -0.2) is 31.4 Å². The highest BCUT2D eigenvalue weighted by Crippen LogP contribution is 2.37. The van der Waals surface area contributed by atoms with E-state index in [1.165, 1.54) is 57.9 Å². The molecule has 1 saturated heterocycles. The van der Waals surface area contributed by atoms with E-state index in [-0.39, 0.29) is 12.8 Å². The highest BCUT2D eigenvalue weighted by molar-refractivity contribution is 5.95. The maximum atomic E-state index is 6.09. The van der Waals surface area contributed by atoms with Crippen molar-refractivity contribution in [3.05, 3.63) is 108 Å².